The Morgan fingerprint density at radius 2 is 1.63 bits per heavy atom. The number of carbonyl (C=O) groups is 1. The summed E-state index contributed by atoms with van der Waals surface area (Å²) in [6, 6.07) is 22.6. The highest BCUT2D eigenvalue weighted by molar-refractivity contribution is 7.89. The summed E-state index contributed by atoms with van der Waals surface area (Å²) in [4.78, 5) is 17.3. The van der Waals surface area contributed by atoms with Gasteiger partial charge in [-0.25, -0.2) is 23.2 Å². The normalized spacial score (nSPS) is 11.5. The van der Waals surface area contributed by atoms with Crippen molar-refractivity contribution in [3.8, 4) is 16.8 Å². The average molecular weight is 595 g/mol. The fourth-order valence-electron chi connectivity index (χ4n) is 4.15. The predicted octanol–water partition coefficient (Wildman–Crippen LogP) is 3.38. The fourth-order valence-corrected chi connectivity index (χ4v) is 5.11. The maximum absolute atomic E-state index is 13.4. The van der Waals surface area contributed by atoms with Crippen LogP contribution in [0.4, 0.5) is 11.6 Å². The Morgan fingerprint density at radius 1 is 0.951 bits per heavy atom. The molecule has 0 aliphatic carbocycles. The molecule has 0 unspecified atom stereocenters. The number of benzene rings is 3. The van der Waals surface area contributed by atoms with Crippen molar-refractivity contribution in [1.29, 1.82) is 0 Å². The number of nitrogens with two attached hydrogens (primary N) is 2. The molecule has 0 aliphatic rings. The van der Waals surface area contributed by atoms with E-state index in [0.29, 0.717) is 40.4 Å². The monoisotopic (exact) mass is 594 g/mol. The fraction of sp³-hybridized carbons (Fsp3) is 0.0741. The summed E-state index contributed by atoms with van der Waals surface area (Å²) in [5, 5.41) is 14.5. The third kappa shape index (κ3) is 7.12. The van der Waals surface area contributed by atoms with Crippen LogP contribution in [0, 0.1) is 6.92 Å². The van der Waals surface area contributed by atoms with E-state index in [1.165, 1.54) is 6.07 Å². The number of hydrogen-bond donors (Lipinski definition) is 4. The van der Waals surface area contributed by atoms with Gasteiger partial charge in [0.05, 0.1) is 23.2 Å². The topological polar surface area (TPSA) is 200 Å². The van der Waals surface area contributed by atoms with Gasteiger partial charge >= 0.3 is 0 Å². The Morgan fingerprint density at radius 3 is 2.29 bits per heavy atom. The molecule has 0 atom stereocenters. The van der Waals surface area contributed by atoms with Gasteiger partial charge in [0.2, 0.25) is 10.0 Å². The zero-order chi connectivity index (χ0) is 29.9. The Labute approximate surface area is 236 Å². The number of amides is 1. The minimum absolute atomic E-state index is 0.0730. The van der Waals surface area contributed by atoms with Gasteiger partial charge in [-0.2, -0.15) is 13.5 Å². The van der Waals surface area contributed by atoms with E-state index in [-0.39, 0.29) is 10.5 Å². The minimum Gasteiger partial charge on any atom is -0.383 e. The van der Waals surface area contributed by atoms with Crippen LogP contribution in [-0.4, -0.2) is 48.3 Å². The van der Waals surface area contributed by atoms with Crippen LogP contribution in [0.1, 0.15) is 16.1 Å². The van der Waals surface area contributed by atoms with Crippen molar-refractivity contribution in [2.24, 2.45) is 5.14 Å². The number of nitrogen functional groups attached to an aromatic ring is 1. The molecule has 0 bridgehead atoms. The Kier molecular flexibility index (Phi) is 8.21. The van der Waals surface area contributed by atoms with Gasteiger partial charge in [-0.05, 0) is 42.1 Å². The zero-order valence-corrected chi connectivity index (χ0v) is 23.5. The van der Waals surface area contributed by atoms with Gasteiger partial charge in [0.1, 0.15) is 16.5 Å². The number of hydrogen-bond acceptors (Lipinski definition) is 8. The van der Waals surface area contributed by atoms with Crippen molar-refractivity contribution in [3.63, 3.8) is 0 Å². The number of pyridine rings is 1. The molecule has 0 spiro atoms. The molecule has 5 aromatic rings. The number of anilines is 2. The summed E-state index contributed by atoms with van der Waals surface area (Å²) >= 11 is 0. The van der Waals surface area contributed by atoms with E-state index in [1.54, 1.807) is 60.3 Å². The van der Waals surface area contributed by atoms with Crippen LogP contribution in [-0.2, 0) is 20.1 Å². The maximum Gasteiger partial charge on any atom is 0.261 e. The van der Waals surface area contributed by atoms with Crippen molar-refractivity contribution in [2.45, 2.75) is 11.8 Å². The smallest absolute Gasteiger partial charge is 0.261 e. The molecule has 3 aromatic carbocycles. The molecule has 2 aromatic heterocycles. The number of nitrogens with zero attached hydrogens (tertiary/aromatic N) is 3. The van der Waals surface area contributed by atoms with E-state index in [0.717, 1.165) is 10.8 Å². The summed E-state index contributed by atoms with van der Waals surface area (Å²) in [5.41, 5.74) is 8.23. The number of aryl methyl sites for hydroxylation is 1. The van der Waals surface area contributed by atoms with E-state index in [1.807, 2.05) is 30.3 Å². The molecule has 0 fully saturated rings. The van der Waals surface area contributed by atoms with Gasteiger partial charge < -0.3 is 11.1 Å². The van der Waals surface area contributed by atoms with E-state index in [4.69, 9.17) is 15.4 Å². The van der Waals surface area contributed by atoms with Gasteiger partial charge in [-0.15, -0.1) is 0 Å². The van der Waals surface area contributed by atoms with Gasteiger partial charge in [-0.1, -0.05) is 48.5 Å². The number of fused-ring (bicyclic) bond motifs is 1. The van der Waals surface area contributed by atoms with Crippen molar-refractivity contribution in [2.75, 3.05) is 17.3 Å². The maximum atomic E-state index is 13.4. The molecule has 14 heteroatoms. The van der Waals surface area contributed by atoms with Crippen LogP contribution < -0.4 is 16.2 Å². The van der Waals surface area contributed by atoms with Crippen LogP contribution in [0.2, 0.25) is 0 Å². The molecule has 0 saturated carbocycles. The van der Waals surface area contributed by atoms with E-state index in [2.05, 4.69) is 15.4 Å². The van der Waals surface area contributed by atoms with Gasteiger partial charge in [0.25, 0.3) is 16.0 Å². The van der Waals surface area contributed by atoms with Gasteiger partial charge in [0, 0.05) is 23.2 Å². The number of sulfonamides is 1. The Bertz CT molecular complexity index is 1970. The van der Waals surface area contributed by atoms with Crippen LogP contribution in [0.3, 0.4) is 0 Å². The van der Waals surface area contributed by atoms with Crippen molar-refractivity contribution < 1.29 is 26.2 Å². The Hall–Kier alpha value is -4.63. The molecule has 0 saturated heterocycles. The lowest BCUT2D eigenvalue weighted by atomic mass is 10.0. The zero-order valence-electron chi connectivity index (χ0n) is 21.9. The molecule has 0 radical (unpaired) electrons. The molecular weight excluding hydrogens is 568 g/mol. The lowest BCUT2D eigenvalue weighted by Gasteiger charge is -2.14. The molecule has 1 amide bonds. The first kappa shape index (κ1) is 29.4. The second-order valence-electron chi connectivity index (χ2n) is 8.96. The third-order valence-electron chi connectivity index (χ3n) is 5.73. The van der Waals surface area contributed by atoms with Crippen LogP contribution in [0.15, 0.2) is 90.0 Å². The minimum atomic E-state index is -4.24. The predicted molar refractivity (Wildman–Crippen MR) is 157 cm³/mol. The first-order chi connectivity index (χ1) is 19.2. The third-order valence-corrected chi connectivity index (χ3v) is 6.74. The molecule has 0 aliphatic heterocycles. The number of aromatic nitrogens is 3. The summed E-state index contributed by atoms with van der Waals surface area (Å²) in [6.45, 7) is 1.79. The van der Waals surface area contributed by atoms with Crippen LogP contribution in [0.25, 0.3) is 27.6 Å². The van der Waals surface area contributed by atoms with E-state index in [9.17, 15) is 21.6 Å². The molecule has 6 N–H and O–H groups in total. The average Bonchev–Trinajstić information content (AvgIpc) is 3.27. The summed E-state index contributed by atoms with van der Waals surface area (Å²) in [5.74, 6) is 0.0871. The molecule has 212 valence electrons. The number of rotatable bonds is 5. The standard InChI is InChI=1S/C26H22N6O3S.CH4O3S/c1-16-14-23(32(31-16)19-11-10-18-12-13-29-25(27)22(18)15-19)30-26(33)21-9-5-8-20(24(21)36(28,34)35)17-6-3-2-4-7-17;1-5(2,3)4/h2-15H,1H3,(H2,27,29)(H,30,33)(H2,28,34,35);1H3,(H,2,3,4). The largest absolute Gasteiger partial charge is 0.383 e. The highest BCUT2D eigenvalue weighted by Crippen LogP contribution is 2.31. The Balaban J connectivity index is 0.000000714. The quantitative estimate of drug-likeness (QED) is 0.220. The van der Waals surface area contributed by atoms with E-state index < -0.39 is 26.0 Å². The van der Waals surface area contributed by atoms with Crippen molar-refractivity contribution >= 4 is 48.5 Å². The van der Waals surface area contributed by atoms with Crippen LogP contribution in [0.5, 0.6) is 0 Å². The molecule has 41 heavy (non-hydrogen) atoms. The molecular formula is C27H26N6O6S2. The molecule has 12 nitrogen and oxygen atoms in total. The van der Waals surface area contributed by atoms with Crippen molar-refractivity contribution in [3.05, 3.63) is 96.3 Å². The number of nitrogens with one attached hydrogen (secondary N) is 1. The summed E-state index contributed by atoms with van der Waals surface area (Å²) in [7, 11) is -7.91. The summed E-state index contributed by atoms with van der Waals surface area (Å²) in [6.07, 6.45) is 2.35. The first-order valence-corrected chi connectivity index (χ1v) is 15.3. The second-order valence-corrected chi connectivity index (χ2v) is 11.9. The summed E-state index contributed by atoms with van der Waals surface area (Å²) < 4.78 is 52.7. The van der Waals surface area contributed by atoms with Crippen molar-refractivity contribution in [1.82, 2.24) is 14.8 Å². The van der Waals surface area contributed by atoms with Gasteiger partial charge in [0.15, 0.2) is 0 Å². The first-order valence-electron chi connectivity index (χ1n) is 11.9. The van der Waals surface area contributed by atoms with Crippen LogP contribution >= 0.6 is 0 Å². The lowest BCUT2D eigenvalue weighted by Crippen LogP contribution is -2.22. The highest BCUT2D eigenvalue weighted by Gasteiger charge is 2.25. The van der Waals surface area contributed by atoms with E-state index >= 15 is 0 Å². The number of carbonyl (C=O) groups excluding carboxylic acids is 1. The van der Waals surface area contributed by atoms with Gasteiger partial charge in [-0.3, -0.25) is 9.35 Å². The molecule has 5 rings (SSSR count). The number of primary sulfonamides is 1. The SMILES string of the molecule is CS(=O)(=O)O.Cc1cc(NC(=O)c2cccc(-c3ccccc3)c2S(N)(=O)=O)n(-c2ccc3ccnc(N)c3c2)n1. The highest BCUT2D eigenvalue weighted by atomic mass is 32.2. The lowest BCUT2D eigenvalue weighted by molar-refractivity contribution is 0.102. The second kappa shape index (κ2) is 11.5. The molecule has 2 heterocycles.